The first-order valence-electron chi connectivity index (χ1n) is 6.21. The minimum absolute atomic E-state index is 0.0405. The largest absolute Gasteiger partial charge is 0.493 e. The maximum atomic E-state index is 9.18. The molecule has 0 fully saturated rings. The van der Waals surface area contributed by atoms with Crippen LogP contribution in [-0.2, 0) is 19.6 Å². The molecular formula is C14H16BrNO3S. The van der Waals surface area contributed by atoms with E-state index < -0.39 is 0 Å². The fourth-order valence-electron chi connectivity index (χ4n) is 1.73. The highest BCUT2D eigenvalue weighted by molar-refractivity contribution is 9.10. The van der Waals surface area contributed by atoms with Crippen LogP contribution in [0.25, 0.3) is 0 Å². The van der Waals surface area contributed by atoms with Gasteiger partial charge in [-0.2, -0.15) is 0 Å². The van der Waals surface area contributed by atoms with E-state index in [4.69, 9.17) is 9.47 Å². The summed E-state index contributed by atoms with van der Waals surface area (Å²) in [7, 11) is 1.58. The Labute approximate surface area is 130 Å². The van der Waals surface area contributed by atoms with Crippen molar-refractivity contribution >= 4 is 27.3 Å². The molecule has 2 rings (SSSR count). The molecule has 108 valence electrons. The van der Waals surface area contributed by atoms with Crippen LogP contribution in [0.1, 0.15) is 23.2 Å². The fraction of sp³-hybridized carbons (Fsp3) is 0.357. The molecule has 20 heavy (non-hydrogen) atoms. The van der Waals surface area contributed by atoms with Gasteiger partial charge in [0.2, 0.25) is 0 Å². The van der Waals surface area contributed by atoms with Crippen molar-refractivity contribution in [2.45, 2.75) is 26.6 Å². The van der Waals surface area contributed by atoms with E-state index in [1.54, 1.807) is 24.5 Å². The maximum absolute atomic E-state index is 9.18. The average Bonchev–Trinajstić information content (AvgIpc) is 2.93. The summed E-state index contributed by atoms with van der Waals surface area (Å²) >= 11 is 5.08. The van der Waals surface area contributed by atoms with Crippen LogP contribution in [0, 0.1) is 0 Å². The van der Waals surface area contributed by atoms with Crippen molar-refractivity contribution < 1.29 is 14.6 Å². The lowest BCUT2D eigenvalue weighted by Crippen LogP contribution is -2.00. The van der Waals surface area contributed by atoms with Gasteiger partial charge >= 0.3 is 0 Å². The number of hydrogen-bond donors (Lipinski definition) is 1. The first-order chi connectivity index (χ1) is 9.67. The predicted molar refractivity (Wildman–Crippen MR) is 82.4 cm³/mol. The summed E-state index contributed by atoms with van der Waals surface area (Å²) in [4.78, 5) is 4.46. The number of ether oxygens (including phenoxy) is 2. The van der Waals surface area contributed by atoms with Gasteiger partial charge in [-0.3, -0.25) is 0 Å². The molecule has 4 nitrogen and oxygen atoms in total. The molecule has 0 aliphatic carbocycles. The number of hydrogen-bond acceptors (Lipinski definition) is 5. The third-order valence-electron chi connectivity index (χ3n) is 2.74. The lowest BCUT2D eigenvalue weighted by Gasteiger charge is -2.13. The van der Waals surface area contributed by atoms with Crippen LogP contribution in [0.5, 0.6) is 11.5 Å². The van der Waals surface area contributed by atoms with Gasteiger partial charge in [-0.1, -0.05) is 6.92 Å². The van der Waals surface area contributed by atoms with Crippen molar-refractivity contribution in [3.05, 3.63) is 38.3 Å². The smallest absolute Gasteiger partial charge is 0.175 e. The minimum atomic E-state index is -0.0405. The Morgan fingerprint density at radius 2 is 2.20 bits per heavy atom. The highest BCUT2D eigenvalue weighted by Crippen LogP contribution is 2.37. The molecule has 1 N–H and O–H groups in total. The number of aliphatic hydroxyl groups is 1. The van der Waals surface area contributed by atoms with E-state index >= 15 is 0 Å². The van der Waals surface area contributed by atoms with E-state index in [9.17, 15) is 5.11 Å². The van der Waals surface area contributed by atoms with Crippen molar-refractivity contribution in [1.82, 2.24) is 4.98 Å². The van der Waals surface area contributed by atoms with Gasteiger partial charge in [0, 0.05) is 5.38 Å². The molecule has 0 bridgehead atoms. The Morgan fingerprint density at radius 3 is 2.80 bits per heavy atom. The van der Waals surface area contributed by atoms with Crippen LogP contribution in [0.3, 0.4) is 0 Å². The van der Waals surface area contributed by atoms with E-state index in [0.29, 0.717) is 18.1 Å². The van der Waals surface area contributed by atoms with Crippen molar-refractivity contribution in [3.63, 3.8) is 0 Å². The molecule has 0 aliphatic heterocycles. The summed E-state index contributed by atoms with van der Waals surface area (Å²) in [5.41, 5.74) is 1.68. The molecule has 6 heteroatoms. The maximum Gasteiger partial charge on any atom is 0.175 e. The van der Waals surface area contributed by atoms with E-state index in [-0.39, 0.29) is 6.61 Å². The Bertz CT molecular complexity index is 586. The molecule has 0 saturated carbocycles. The van der Waals surface area contributed by atoms with Gasteiger partial charge < -0.3 is 14.6 Å². The minimum Gasteiger partial charge on any atom is -0.493 e. The summed E-state index contributed by atoms with van der Waals surface area (Å²) in [6, 6.07) is 3.58. The molecule has 0 radical (unpaired) electrons. The van der Waals surface area contributed by atoms with Crippen molar-refractivity contribution in [3.8, 4) is 11.5 Å². The zero-order valence-electron chi connectivity index (χ0n) is 11.4. The normalized spacial score (nSPS) is 10.6. The van der Waals surface area contributed by atoms with Crippen LogP contribution in [0.2, 0.25) is 0 Å². The quantitative estimate of drug-likeness (QED) is 0.858. The van der Waals surface area contributed by atoms with Gasteiger partial charge in [-0.05, 0) is 40.0 Å². The van der Waals surface area contributed by atoms with Crippen molar-refractivity contribution in [2.24, 2.45) is 0 Å². The number of benzene rings is 1. The van der Waals surface area contributed by atoms with Crippen LogP contribution in [0.4, 0.5) is 0 Å². The summed E-state index contributed by atoms with van der Waals surface area (Å²) in [6.45, 7) is 2.43. The summed E-state index contributed by atoms with van der Waals surface area (Å²) in [5.74, 6) is 1.21. The standard InChI is InChI=1S/C14H16BrNO3S/c1-3-13-16-10(8-20-13)7-19-14-11(15)4-9(6-17)5-12(14)18-2/h4-5,8,17H,3,6-7H2,1-2H3. The van der Waals surface area contributed by atoms with Crippen molar-refractivity contribution in [2.75, 3.05) is 7.11 Å². The highest BCUT2D eigenvalue weighted by atomic mass is 79.9. The topological polar surface area (TPSA) is 51.6 Å². The van der Waals surface area contributed by atoms with Gasteiger partial charge in [0.05, 0.1) is 28.9 Å². The van der Waals surface area contributed by atoms with Crippen molar-refractivity contribution in [1.29, 1.82) is 0 Å². The van der Waals surface area contributed by atoms with E-state index in [1.165, 1.54) is 0 Å². The molecule has 2 aromatic rings. The Balaban J connectivity index is 2.16. The molecule has 1 aromatic carbocycles. The third kappa shape index (κ3) is 3.50. The van der Waals surface area contributed by atoms with E-state index in [1.807, 2.05) is 11.4 Å². The predicted octanol–water partition coefficient (Wildman–Crippen LogP) is 3.55. The molecule has 0 unspecified atom stereocenters. The molecule has 0 atom stereocenters. The van der Waals surface area contributed by atoms with Gasteiger partial charge in [-0.25, -0.2) is 4.98 Å². The molecule has 0 aliphatic rings. The number of aryl methyl sites for hydroxylation is 1. The lowest BCUT2D eigenvalue weighted by atomic mass is 10.2. The summed E-state index contributed by atoms with van der Waals surface area (Å²) < 4.78 is 11.8. The van der Waals surface area contributed by atoms with Gasteiger partial charge in [0.25, 0.3) is 0 Å². The number of thiazole rings is 1. The monoisotopic (exact) mass is 357 g/mol. The van der Waals surface area contributed by atoms with Crippen LogP contribution >= 0.6 is 27.3 Å². The second kappa shape index (κ2) is 7.06. The average molecular weight is 358 g/mol. The first kappa shape index (κ1) is 15.3. The number of rotatable bonds is 6. The van der Waals surface area contributed by atoms with E-state index in [2.05, 4.69) is 27.8 Å². The van der Waals surface area contributed by atoms with E-state index in [0.717, 1.165) is 27.2 Å². The number of methoxy groups -OCH3 is 1. The second-order valence-electron chi connectivity index (χ2n) is 4.14. The number of aliphatic hydroxyl groups excluding tert-OH is 1. The molecule has 0 saturated heterocycles. The van der Waals surface area contributed by atoms with Crippen LogP contribution in [0.15, 0.2) is 22.0 Å². The molecule has 1 heterocycles. The lowest BCUT2D eigenvalue weighted by molar-refractivity contribution is 0.271. The zero-order valence-corrected chi connectivity index (χ0v) is 13.8. The van der Waals surface area contributed by atoms with Crippen LogP contribution in [-0.4, -0.2) is 17.2 Å². The van der Waals surface area contributed by atoms with Crippen LogP contribution < -0.4 is 9.47 Å². The van der Waals surface area contributed by atoms with Gasteiger partial charge in [0.15, 0.2) is 11.5 Å². The molecule has 0 spiro atoms. The zero-order chi connectivity index (χ0) is 14.5. The third-order valence-corrected chi connectivity index (χ3v) is 4.37. The summed E-state index contributed by atoms with van der Waals surface area (Å²) in [5, 5.41) is 12.3. The Morgan fingerprint density at radius 1 is 1.40 bits per heavy atom. The Kier molecular flexibility index (Phi) is 5.39. The van der Waals surface area contributed by atoms with Gasteiger partial charge in [0.1, 0.15) is 6.61 Å². The molecule has 1 aromatic heterocycles. The molecular weight excluding hydrogens is 342 g/mol. The van der Waals surface area contributed by atoms with Gasteiger partial charge in [-0.15, -0.1) is 11.3 Å². The summed E-state index contributed by atoms with van der Waals surface area (Å²) in [6.07, 6.45) is 0.933. The first-order valence-corrected chi connectivity index (χ1v) is 7.88. The SMILES string of the molecule is CCc1nc(COc2c(Br)cc(CO)cc2OC)cs1. The number of halogens is 1. The molecule has 0 amide bonds. The fourth-order valence-corrected chi connectivity index (χ4v) is 3.06. The second-order valence-corrected chi connectivity index (χ2v) is 5.94. The Hall–Kier alpha value is -1.11. The highest BCUT2D eigenvalue weighted by Gasteiger charge is 2.12. The number of aromatic nitrogens is 1. The number of nitrogens with zero attached hydrogens (tertiary/aromatic N) is 1.